The highest BCUT2D eigenvalue weighted by atomic mass is 127. The lowest BCUT2D eigenvalue weighted by molar-refractivity contribution is 0.476. The zero-order valence-corrected chi connectivity index (χ0v) is 12.6. The van der Waals surface area contributed by atoms with Gasteiger partial charge in [0.05, 0.1) is 10.2 Å². The van der Waals surface area contributed by atoms with E-state index in [2.05, 4.69) is 52.7 Å². The van der Waals surface area contributed by atoms with Crippen molar-refractivity contribution >= 4 is 44.1 Å². The first-order chi connectivity index (χ1) is 8.63. The van der Waals surface area contributed by atoms with Crippen molar-refractivity contribution < 1.29 is 5.11 Å². The van der Waals surface area contributed by atoms with Gasteiger partial charge in [-0.2, -0.15) is 0 Å². The van der Waals surface area contributed by atoms with E-state index in [1.165, 1.54) is 9.13 Å². The maximum atomic E-state index is 9.47. The van der Waals surface area contributed by atoms with Crippen molar-refractivity contribution in [1.29, 1.82) is 0 Å². The Morgan fingerprint density at radius 1 is 1.17 bits per heavy atom. The molecule has 2 nitrogen and oxygen atoms in total. The molecule has 3 rings (SSSR count). The lowest BCUT2D eigenvalue weighted by Gasteiger charge is -2.00. The summed E-state index contributed by atoms with van der Waals surface area (Å²) < 4.78 is 2.26. The quantitative estimate of drug-likeness (QED) is 0.639. The number of aryl methyl sites for hydroxylation is 1. The normalized spacial score (nSPS) is 11.0. The van der Waals surface area contributed by atoms with Crippen LogP contribution in [0.25, 0.3) is 20.8 Å². The maximum Gasteiger partial charge on any atom is 0.124 e. The van der Waals surface area contributed by atoms with E-state index in [0.717, 1.165) is 20.8 Å². The molecule has 18 heavy (non-hydrogen) atoms. The van der Waals surface area contributed by atoms with E-state index in [0.29, 0.717) is 0 Å². The molecule has 0 saturated heterocycles. The van der Waals surface area contributed by atoms with E-state index in [1.54, 1.807) is 23.5 Å². The standard InChI is InChI=1S/C14H10INOS/c1-8-2-3-9(6-11(8)15)14-16-12-5-4-10(17)7-13(12)18-14/h2-7,17H,1H3. The third-order valence-corrected chi connectivity index (χ3v) is 5.02. The summed E-state index contributed by atoms with van der Waals surface area (Å²) in [4.78, 5) is 4.60. The molecule has 0 aliphatic rings. The Morgan fingerprint density at radius 3 is 2.78 bits per heavy atom. The Labute approximate surface area is 122 Å². The van der Waals surface area contributed by atoms with Crippen LogP contribution in [-0.2, 0) is 0 Å². The van der Waals surface area contributed by atoms with Gasteiger partial charge in [-0.05, 0) is 59.3 Å². The number of hydrogen-bond donors (Lipinski definition) is 1. The minimum absolute atomic E-state index is 0.288. The smallest absolute Gasteiger partial charge is 0.124 e. The van der Waals surface area contributed by atoms with Crippen LogP contribution in [0.5, 0.6) is 5.75 Å². The van der Waals surface area contributed by atoms with Gasteiger partial charge < -0.3 is 5.11 Å². The molecule has 3 aromatic rings. The summed E-state index contributed by atoms with van der Waals surface area (Å²) >= 11 is 3.94. The minimum Gasteiger partial charge on any atom is -0.508 e. The van der Waals surface area contributed by atoms with Crippen LogP contribution < -0.4 is 0 Å². The predicted molar refractivity (Wildman–Crippen MR) is 84.2 cm³/mol. The number of phenolic OH excluding ortho intramolecular Hbond substituents is 1. The number of hydrogen-bond acceptors (Lipinski definition) is 3. The van der Waals surface area contributed by atoms with Crippen LogP contribution in [-0.4, -0.2) is 10.1 Å². The molecule has 0 aliphatic heterocycles. The van der Waals surface area contributed by atoms with Crippen LogP contribution in [0.3, 0.4) is 0 Å². The molecule has 2 aromatic carbocycles. The third kappa shape index (κ3) is 2.10. The zero-order chi connectivity index (χ0) is 12.7. The fourth-order valence-electron chi connectivity index (χ4n) is 1.76. The molecule has 0 saturated carbocycles. The first-order valence-electron chi connectivity index (χ1n) is 5.49. The van der Waals surface area contributed by atoms with E-state index < -0.39 is 0 Å². The average Bonchev–Trinajstić information content (AvgIpc) is 2.75. The summed E-state index contributed by atoms with van der Waals surface area (Å²) in [5.41, 5.74) is 3.34. The number of aromatic hydroxyl groups is 1. The van der Waals surface area contributed by atoms with Crippen molar-refractivity contribution in [3.8, 4) is 16.3 Å². The van der Waals surface area contributed by atoms with Crippen LogP contribution in [0.15, 0.2) is 36.4 Å². The van der Waals surface area contributed by atoms with Crippen LogP contribution in [0.2, 0.25) is 0 Å². The van der Waals surface area contributed by atoms with Crippen LogP contribution in [0.1, 0.15) is 5.56 Å². The second-order valence-corrected chi connectivity index (χ2v) is 6.33. The van der Waals surface area contributed by atoms with Crippen molar-refractivity contribution in [3.05, 3.63) is 45.5 Å². The molecule has 1 heterocycles. The second kappa shape index (κ2) is 4.51. The molecular weight excluding hydrogens is 357 g/mol. The van der Waals surface area contributed by atoms with Gasteiger partial charge in [-0.3, -0.25) is 0 Å². The lowest BCUT2D eigenvalue weighted by Crippen LogP contribution is -1.82. The SMILES string of the molecule is Cc1ccc(-c2nc3ccc(O)cc3s2)cc1I. The number of rotatable bonds is 1. The maximum absolute atomic E-state index is 9.47. The predicted octanol–water partition coefficient (Wildman–Crippen LogP) is 4.58. The van der Waals surface area contributed by atoms with Gasteiger partial charge in [0.15, 0.2) is 0 Å². The minimum atomic E-state index is 0.288. The monoisotopic (exact) mass is 367 g/mol. The largest absolute Gasteiger partial charge is 0.508 e. The van der Waals surface area contributed by atoms with E-state index >= 15 is 0 Å². The van der Waals surface area contributed by atoms with Crippen LogP contribution >= 0.6 is 33.9 Å². The summed E-state index contributed by atoms with van der Waals surface area (Å²) in [6.07, 6.45) is 0. The number of nitrogens with zero attached hydrogens (tertiary/aromatic N) is 1. The summed E-state index contributed by atoms with van der Waals surface area (Å²) in [5, 5.41) is 10.5. The Balaban J connectivity index is 2.16. The number of thiazole rings is 1. The van der Waals surface area contributed by atoms with Gasteiger partial charge in [-0.1, -0.05) is 12.1 Å². The van der Waals surface area contributed by atoms with E-state index in [1.807, 2.05) is 6.07 Å². The van der Waals surface area contributed by atoms with Gasteiger partial charge in [0, 0.05) is 9.13 Å². The Hall–Kier alpha value is -1.14. The Bertz CT molecular complexity index is 736. The Morgan fingerprint density at radius 2 is 2.00 bits per heavy atom. The molecule has 0 radical (unpaired) electrons. The highest BCUT2D eigenvalue weighted by Gasteiger charge is 2.07. The molecular formula is C14H10INOS. The summed E-state index contributed by atoms with van der Waals surface area (Å²) in [6.45, 7) is 2.10. The molecule has 0 bridgehead atoms. The molecule has 0 aliphatic carbocycles. The number of phenols is 1. The van der Waals surface area contributed by atoms with E-state index in [-0.39, 0.29) is 5.75 Å². The summed E-state index contributed by atoms with van der Waals surface area (Å²) in [5.74, 6) is 0.288. The molecule has 1 aromatic heterocycles. The molecule has 0 spiro atoms. The number of benzene rings is 2. The van der Waals surface area contributed by atoms with Gasteiger partial charge in [0.1, 0.15) is 10.8 Å². The first-order valence-corrected chi connectivity index (χ1v) is 7.39. The fourth-order valence-corrected chi connectivity index (χ4v) is 3.27. The Kier molecular flexibility index (Phi) is 2.99. The van der Waals surface area contributed by atoms with Crippen LogP contribution in [0, 0.1) is 10.5 Å². The topological polar surface area (TPSA) is 33.1 Å². The van der Waals surface area contributed by atoms with Crippen molar-refractivity contribution in [2.75, 3.05) is 0 Å². The first kappa shape index (κ1) is 11.9. The van der Waals surface area contributed by atoms with E-state index in [9.17, 15) is 5.11 Å². The summed E-state index contributed by atoms with van der Waals surface area (Å²) in [6, 6.07) is 11.6. The number of fused-ring (bicyclic) bond motifs is 1. The average molecular weight is 367 g/mol. The molecule has 0 unspecified atom stereocenters. The number of aromatic nitrogens is 1. The second-order valence-electron chi connectivity index (χ2n) is 4.14. The molecule has 90 valence electrons. The van der Waals surface area contributed by atoms with Gasteiger partial charge in [-0.25, -0.2) is 4.98 Å². The molecule has 0 atom stereocenters. The van der Waals surface area contributed by atoms with Crippen molar-refractivity contribution in [3.63, 3.8) is 0 Å². The highest BCUT2D eigenvalue weighted by molar-refractivity contribution is 14.1. The van der Waals surface area contributed by atoms with E-state index in [4.69, 9.17) is 0 Å². The van der Waals surface area contributed by atoms with Gasteiger partial charge >= 0.3 is 0 Å². The van der Waals surface area contributed by atoms with Gasteiger partial charge in [-0.15, -0.1) is 11.3 Å². The van der Waals surface area contributed by atoms with Crippen molar-refractivity contribution in [2.45, 2.75) is 6.92 Å². The molecule has 4 heteroatoms. The molecule has 0 fully saturated rings. The van der Waals surface area contributed by atoms with Crippen molar-refractivity contribution in [1.82, 2.24) is 4.98 Å². The van der Waals surface area contributed by atoms with Gasteiger partial charge in [0.25, 0.3) is 0 Å². The zero-order valence-electron chi connectivity index (χ0n) is 9.64. The fraction of sp³-hybridized carbons (Fsp3) is 0.0714. The molecule has 1 N–H and O–H groups in total. The highest BCUT2D eigenvalue weighted by Crippen LogP contribution is 2.32. The van der Waals surface area contributed by atoms with Crippen molar-refractivity contribution in [2.24, 2.45) is 0 Å². The molecule has 0 amide bonds. The van der Waals surface area contributed by atoms with Crippen LogP contribution in [0.4, 0.5) is 0 Å². The third-order valence-electron chi connectivity index (χ3n) is 2.79. The summed E-state index contributed by atoms with van der Waals surface area (Å²) in [7, 11) is 0. The number of halogens is 1. The lowest BCUT2D eigenvalue weighted by atomic mass is 10.2. The van der Waals surface area contributed by atoms with Gasteiger partial charge in [0.2, 0.25) is 0 Å².